The Morgan fingerprint density at radius 1 is 1.75 bits per heavy atom. The van der Waals surface area contributed by atoms with Crippen molar-refractivity contribution < 1.29 is 0 Å². The highest BCUT2D eigenvalue weighted by molar-refractivity contribution is 5.83. The van der Waals surface area contributed by atoms with Crippen molar-refractivity contribution in [3.05, 3.63) is 11.8 Å². The maximum absolute atomic E-state index is 6.48. The lowest BCUT2D eigenvalue weighted by Crippen LogP contribution is -1.84. The van der Waals surface area contributed by atoms with Crippen molar-refractivity contribution >= 4 is 12.6 Å². The summed E-state index contributed by atoms with van der Waals surface area (Å²) in [5, 5.41) is 6.48. The second kappa shape index (κ2) is 4.05. The minimum absolute atomic E-state index is 0.855. The number of hydrogen-bond acceptors (Lipinski definition) is 2. The van der Waals surface area contributed by atoms with Crippen molar-refractivity contribution in [1.82, 2.24) is 0 Å². The summed E-state index contributed by atoms with van der Waals surface area (Å²) >= 11 is 0. The quantitative estimate of drug-likeness (QED) is 0.396. The molecule has 0 unspecified atom stereocenters. The first-order valence-corrected chi connectivity index (χ1v) is 2.22. The summed E-state index contributed by atoms with van der Waals surface area (Å²) < 4.78 is 0. The normalized spacial score (nSPS) is 12.4. The highest BCUT2D eigenvalue weighted by Crippen LogP contribution is 1.79. The first-order chi connectivity index (χ1) is 3.81. The maximum Gasteiger partial charge on any atom is 0.106 e. The molecular weight excluding hydrogens is 102 g/mol. The molecule has 0 aromatic carbocycles. The van der Waals surface area contributed by atoms with Crippen molar-refractivity contribution in [3.8, 4) is 0 Å². The molecule has 0 aliphatic heterocycles. The van der Waals surface area contributed by atoms with E-state index in [1.54, 1.807) is 0 Å². The Kier molecular flexibility index (Phi) is 3.48. The molecule has 0 heterocycles. The Morgan fingerprint density at radius 2 is 2.38 bits per heavy atom. The molecule has 3 N–H and O–H groups in total. The summed E-state index contributed by atoms with van der Waals surface area (Å²) in [6.45, 7) is 1.81. The van der Waals surface area contributed by atoms with Gasteiger partial charge in [0.1, 0.15) is 6.34 Å². The maximum atomic E-state index is 6.48. The van der Waals surface area contributed by atoms with E-state index in [2.05, 4.69) is 4.99 Å². The van der Waals surface area contributed by atoms with E-state index in [0.717, 1.165) is 11.9 Å². The Morgan fingerprint density at radius 3 is 2.75 bits per heavy atom. The van der Waals surface area contributed by atoms with Crippen LogP contribution in [-0.4, -0.2) is 12.6 Å². The number of hydrogen-bond donors (Lipinski definition) is 2. The van der Waals surface area contributed by atoms with Crippen LogP contribution in [0.2, 0.25) is 0 Å². The molecule has 0 saturated heterocycles. The lowest BCUT2D eigenvalue weighted by molar-refractivity contribution is 1.47. The van der Waals surface area contributed by atoms with E-state index >= 15 is 0 Å². The van der Waals surface area contributed by atoms with Gasteiger partial charge in [-0.05, 0) is 18.7 Å². The number of allylic oxidation sites excluding steroid dienone is 1. The topological polar surface area (TPSA) is 62.2 Å². The van der Waals surface area contributed by atoms with Crippen molar-refractivity contribution in [2.24, 2.45) is 10.7 Å². The van der Waals surface area contributed by atoms with E-state index < -0.39 is 0 Å². The Labute approximate surface area is 48.4 Å². The molecule has 0 rings (SSSR count). The van der Waals surface area contributed by atoms with Gasteiger partial charge in [-0.15, -0.1) is 0 Å². The summed E-state index contributed by atoms with van der Waals surface area (Å²) in [5.74, 6) is 0. The zero-order valence-corrected chi connectivity index (χ0v) is 4.76. The summed E-state index contributed by atoms with van der Waals surface area (Å²) in [4.78, 5) is 3.51. The minimum atomic E-state index is 0.855. The van der Waals surface area contributed by atoms with Gasteiger partial charge >= 0.3 is 0 Å². The summed E-state index contributed by atoms with van der Waals surface area (Å²) in [5.41, 5.74) is 5.94. The standard InChI is InChI=1S/C5H9N3/c1-5(2-6)3-8-4-7/h2-4,7H,6H2,1H3. The highest BCUT2D eigenvalue weighted by atomic mass is 14.7. The monoisotopic (exact) mass is 111 g/mol. The van der Waals surface area contributed by atoms with E-state index in [4.69, 9.17) is 11.1 Å². The third-order valence-electron chi connectivity index (χ3n) is 0.616. The molecule has 3 heteroatoms. The Bertz CT molecular complexity index is 124. The van der Waals surface area contributed by atoms with Crippen LogP contribution in [0.15, 0.2) is 16.8 Å². The molecule has 0 atom stereocenters. The third kappa shape index (κ3) is 3.08. The lowest BCUT2D eigenvalue weighted by atomic mass is 10.4. The van der Waals surface area contributed by atoms with E-state index in [9.17, 15) is 0 Å². The molecule has 44 valence electrons. The average molecular weight is 111 g/mol. The van der Waals surface area contributed by atoms with Gasteiger partial charge in [0.25, 0.3) is 0 Å². The van der Waals surface area contributed by atoms with Gasteiger partial charge in [-0.1, -0.05) is 0 Å². The Balaban J connectivity index is 3.69. The zero-order valence-electron chi connectivity index (χ0n) is 4.76. The highest BCUT2D eigenvalue weighted by Gasteiger charge is 1.73. The SMILES string of the molecule is CC(C=NC=N)=CN. The molecule has 0 fully saturated rings. The van der Waals surface area contributed by atoms with E-state index in [-0.39, 0.29) is 0 Å². The average Bonchev–Trinajstić information content (AvgIpc) is 1.83. The largest absolute Gasteiger partial charge is 0.404 e. The molecule has 0 radical (unpaired) electrons. The van der Waals surface area contributed by atoms with Gasteiger partial charge in [0.05, 0.1) is 0 Å². The second-order valence-corrected chi connectivity index (χ2v) is 1.32. The van der Waals surface area contributed by atoms with Crippen LogP contribution in [0.3, 0.4) is 0 Å². The van der Waals surface area contributed by atoms with Crippen LogP contribution in [-0.2, 0) is 0 Å². The van der Waals surface area contributed by atoms with E-state index in [0.29, 0.717) is 0 Å². The van der Waals surface area contributed by atoms with Crippen molar-refractivity contribution in [3.63, 3.8) is 0 Å². The van der Waals surface area contributed by atoms with Crippen LogP contribution in [0.1, 0.15) is 6.92 Å². The first kappa shape index (κ1) is 6.88. The van der Waals surface area contributed by atoms with Gasteiger partial charge in [0.15, 0.2) is 0 Å². The molecule has 3 nitrogen and oxygen atoms in total. The predicted octanol–water partition coefficient (Wildman–Crippen LogP) is 0.527. The predicted molar refractivity (Wildman–Crippen MR) is 35.2 cm³/mol. The molecule has 0 aliphatic rings. The van der Waals surface area contributed by atoms with Crippen molar-refractivity contribution in [2.45, 2.75) is 6.92 Å². The molecule has 0 bridgehead atoms. The molecule has 0 amide bonds. The van der Waals surface area contributed by atoms with Gasteiger partial charge in [-0.25, -0.2) is 4.99 Å². The number of nitrogens with one attached hydrogen (secondary N) is 1. The fourth-order valence-electron chi connectivity index (χ4n) is 0.198. The number of rotatable bonds is 2. The van der Waals surface area contributed by atoms with Gasteiger partial charge < -0.3 is 5.73 Å². The zero-order chi connectivity index (χ0) is 6.41. The smallest absolute Gasteiger partial charge is 0.106 e. The lowest BCUT2D eigenvalue weighted by Gasteiger charge is -1.81. The van der Waals surface area contributed by atoms with E-state index in [1.807, 2.05) is 6.92 Å². The molecule has 0 aromatic heterocycles. The van der Waals surface area contributed by atoms with Crippen LogP contribution >= 0.6 is 0 Å². The summed E-state index contributed by atoms with van der Waals surface area (Å²) in [6, 6.07) is 0. The molecule has 0 saturated carbocycles. The number of nitrogens with zero attached hydrogens (tertiary/aromatic N) is 1. The molecular formula is C5H9N3. The fourth-order valence-corrected chi connectivity index (χ4v) is 0.198. The van der Waals surface area contributed by atoms with Crippen LogP contribution in [0, 0.1) is 5.41 Å². The van der Waals surface area contributed by atoms with E-state index in [1.165, 1.54) is 12.4 Å². The number of aliphatic imine (C=N–C) groups is 1. The van der Waals surface area contributed by atoms with Crippen LogP contribution < -0.4 is 5.73 Å². The van der Waals surface area contributed by atoms with Crippen molar-refractivity contribution in [2.75, 3.05) is 0 Å². The first-order valence-electron chi connectivity index (χ1n) is 2.22. The minimum Gasteiger partial charge on any atom is -0.404 e. The second-order valence-electron chi connectivity index (χ2n) is 1.32. The third-order valence-corrected chi connectivity index (χ3v) is 0.616. The molecule has 8 heavy (non-hydrogen) atoms. The van der Waals surface area contributed by atoms with Crippen LogP contribution in [0.25, 0.3) is 0 Å². The summed E-state index contributed by atoms with van der Waals surface area (Å²) in [7, 11) is 0. The number of nitrogens with two attached hydrogens (primary N) is 1. The molecule has 0 aliphatic carbocycles. The Hall–Kier alpha value is -1.12. The van der Waals surface area contributed by atoms with Gasteiger partial charge in [0, 0.05) is 6.21 Å². The fraction of sp³-hybridized carbons (Fsp3) is 0.200. The van der Waals surface area contributed by atoms with Gasteiger partial charge in [-0.2, -0.15) is 0 Å². The molecule has 0 aromatic rings. The summed E-state index contributed by atoms with van der Waals surface area (Å²) in [6.07, 6.45) is 3.92. The van der Waals surface area contributed by atoms with Crippen molar-refractivity contribution in [1.29, 1.82) is 5.41 Å². The van der Waals surface area contributed by atoms with Gasteiger partial charge in [-0.3, -0.25) is 5.41 Å². The van der Waals surface area contributed by atoms with Gasteiger partial charge in [0.2, 0.25) is 0 Å². The molecule has 0 spiro atoms. The van der Waals surface area contributed by atoms with Crippen LogP contribution in [0.4, 0.5) is 0 Å². The van der Waals surface area contributed by atoms with Crippen LogP contribution in [0.5, 0.6) is 0 Å².